The van der Waals surface area contributed by atoms with E-state index in [2.05, 4.69) is 15.2 Å². The molecule has 0 spiro atoms. The maximum atomic E-state index is 12.1. The van der Waals surface area contributed by atoms with Gasteiger partial charge in [-0.3, -0.25) is 9.78 Å². The van der Waals surface area contributed by atoms with Crippen molar-refractivity contribution in [1.29, 1.82) is 0 Å². The highest BCUT2D eigenvalue weighted by Gasteiger charge is 2.20. The van der Waals surface area contributed by atoms with Crippen LogP contribution < -0.4 is 14.8 Å². The molecule has 0 aliphatic carbocycles. The number of nitrogens with one attached hydrogen (secondary N) is 1. The molecule has 0 atom stereocenters. The Balaban J connectivity index is 1.36. The smallest absolute Gasteiger partial charge is 0.231 e. The number of fused-ring (bicyclic) bond motifs is 1. The molecule has 2 aliphatic rings. The quantitative estimate of drug-likeness (QED) is 0.667. The number of rotatable bonds is 9. The first-order chi connectivity index (χ1) is 12.8. The minimum atomic E-state index is -0.556. The molecule has 26 heavy (non-hydrogen) atoms. The van der Waals surface area contributed by atoms with Crippen molar-refractivity contribution < 1.29 is 18.7 Å². The SMILES string of the molecule is O=CN(/C=C/CF)CCN1CCC(NCc2cc3c(cn2)OCO3)CC1. The molecule has 1 aromatic heterocycles. The lowest BCUT2D eigenvalue weighted by molar-refractivity contribution is -0.116. The monoisotopic (exact) mass is 364 g/mol. The van der Waals surface area contributed by atoms with Crippen LogP contribution in [-0.4, -0.2) is 66.9 Å². The number of hydrogen-bond acceptors (Lipinski definition) is 6. The van der Waals surface area contributed by atoms with Gasteiger partial charge in [-0.25, -0.2) is 4.39 Å². The van der Waals surface area contributed by atoms with Crippen LogP contribution in [-0.2, 0) is 11.3 Å². The van der Waals surface area contributed by atoms with Crippen LogP contribution in [0.1, 0.15) is 18.5 Å². The second-order valence-electron chi connectivity index (χ2n) is 6.41. The zero-order valence-corrected chi connectivity index (χ0v) is 14.8. The molecule has 3 rings (SSSR count). The number of halogens is 1. The van der Waals surface area contributed by atoms with Crippen molar-refractivity contribution in [1.82, 2.24) is 20.1 Å². The normalized spacial score (nSPS) is 17.7. The van der Waals surface area contributed by atoms with E-state index in [0.717, 1.165) is 50.3 Å². The maximum absolute atomic E-state index is 12.1. The van der Waals surface area contributed by atoms with Crippen LogP contribution in [0.2, 0.25) is 0 Å². The maximum Gasteiger partial charge on any atom is 0.231 e. The van der Waals surface area contributed by atoms with Crippen LogP contribution in [0.5, 0.6) is 11.5 Å². The van der Waals surface area contributed by atoms with Gasteiger partial charge in [-0.1, -0.05) is 0 Å². The van der Waals surface area contributed by atoms with Crippen molar-refractivity contribution in [2.45, 2.75) is 25.4 Å². The molecule has 0 radical (unpaired) electrons. The number of carbonyl (C=O) groups is 1. The molecule has 1 fully saturated rings. The van der Waals surface area contributed by atoms with Crippen molar-refractivity contribution in [3.63, 3.8) is 0 Å². The second kappa shape index (κ2) is 9.49. The molecular weight excluding hydrogens is 339 g/mol. The number of hydrogen-bond donors (Lipinski definition) is 1. The van der Waals surface area contributed by atoms with E-state index < -0.39 is 6.67 Å². The summed E-state index contributed by atoms with van der Waals surface area (Å²) in [5, 5.41) is 3.55. The lowest BCUT2D eigenvalue weighted by Crippen LogP contribution is -2.44. The van der Waals surface area contributed by atoms with Crippen LogP contribution >= 0.6 is 0 Å². The summed E-state index contributed by atoms with van der Waals surface area (Å²) in [4.78, 5) is 19.1. The van der Waals surface area contributed by atoms with Crippen LogP contribution in [0, 0.1) is 0 Å². The van der Waals surface area contributed by atoms with E-state index >= 15 is 0 Å². The molecule has 8 heteroatoms. The molecule has 1 N–H and O–H groups in total. The standard InChI is InChI=1S/C18H25FN4O3/c19-4-1-5-23(13-24)9-8-22-6-2-15(3-7-22)20-11-16-10-17-18(12-21-16)26-14-25-17/h1,5,10,12-13,15,20H,2-4,6-9,11,14H2/b5-1+. The largest absolute Gasteiger partial charge is 0.453 e. The highest BCUT2D eigenvalue weighted by atomic mass is 19.1. The molecule has 142 valence electrons. The molecule has 0 bridgehead atoms. The van der Waals surface area contributed by atoms with Gasteiger partial charge >= 0.3 is 0 Å². The Labute approximate surface area is 152 Å². The zero-order valence-electron chi connectivity index (χ0n) is 14.8. The third kappa shape index (κ3) is 5.15. The molecule has 1 aromatic rings. The van der Waals surface area contributed by atoms with E-state index in [0.29, 0.717) is 24.9 Å². The summed E-state index contributed by atoms with van der Waals surface area (Å²) in [6, 6.07) is 2.37. The fourth-order valence-corrected chi connectivity index (χ4v) is 3.14. The van der Waals surface area contributed by atoms with E-state index in [9.17, 15) is 9.18 Å². The first kappa shape index (κ1) is 18.6. The predicted octanol–water partition coefficient (Wildman–Crippen LogP) is 1.31. The third-order valence-corrected chi connectivity index (χ3v) is 4.67. The summed E-state index contributed by atoms with van der Waals surface area (Å²) >= 11 is 0. The summed E-state index contributed by atoms with van der Waals surface area (Å²) in [5.41, 5.74) is 0.943. The number of amides is 1. The van der Waals surface area contributed by atoms with E-state index in [4.69, 9.17) is 9.47 Å². The summed E-state index contributed by atoms with van der Waals surface area (Å²) in [5.74, 6) is 1.46. The van der Waals surface area contributed by atoms with Gasteiger partial charge in [-0.15, -0.1) is 0 Å². The van der Waals surface area contributed by atoms with Crippen molar-refractivity contribution in [3.05, 3.63) is 30.2 Å². The minimum absolute atomic E-state index is 0.261. The Kier molecular flexibility index (Phi) is 6.79. The predicted molar refractivity (Wildman–Crippen MR) is 94.5 cm³/mol. The molecule has 1 amide bonds. The number of nitrogens with zero attached hydrogens (tertiary/aromatic N) is 3. The molecule has 1 saturated heterocycles. The minimum Gasteiger partial charge on any atom is -0.453 e. The number of ether oxygens (including phenoxy) is 2. The summed E-state index contributed by atoms with van der Waals surface area (Å²) in [6.07, 6.45) is 7.38. The molecular formula is C18H25FN4O3. The van der Waals surface area contributed by atoms with Crippen molar-refractivity contribution in [2.24, 2.45) is 0 Å². The number of carbonyl (C=O) groups excluding carboxylic acids is 1. The van der Waals surface area contributed by atoms with Crippen molar-refractivity contribution in [2.75, 3.05) is 39.6 Å². The number of alkyl halides is 1. The fraction of sp³-hybridized carbons (Fsp3) is 0.556. The molecule has 0 saturated carbocycles. The Morgan fingerprint density at radius 3 is 2.92 bits per heavy atom. The van der Waals surface area contributed by atoms with Gasteiger partial charge in [0.15, 0.2) is 11.5 Å². The number of likely N-dealkylation sites (tertiary alicyclic amines) is 1. The van der Waals surface area contributed by atoms with Gasteiger partial charge in [0.25, 0.3) is 0 Å². The van der Waals surface area contributed by atoms with Gasteiger partial charge in [-0.2, -0.15) is 0 Å². The lowest BCUT2D eigenvalue weighted by atomic mass is 10.0. The third-order valence-electron chi connectivity index (χ3n) is 4.67. The van der Waals surface area contributed by atoms with Crippen LogP contribution in [0.4, 0.5) is 4.39 Å². The topological polar surface area (TPSA) is 66.9 Å². The highest BCUT2D eigenvalue weighted by Crippen LogP contribution is 2.31. The number of allylic oxidation sites excluding steroid dienone is 1. The van der Waals surface area contributed by atoms with E-state index in [-0.39, 0.29) is 6.79 Å². The second-order valence-corrected chi connectivity index (χ2v) is 6.41. The van der Waals surface area contributed by atoms with Gasteiger partial charge < -0.3 is 24.6 Å². The Bertz CT molecular complexity index is 620. The van der Waals surface area contributed by atoms with Gasteiger partial charge in [-0.05, 0) is 32.0 Å². The van der Waals surface area contributed by atoms with Crippen LogP contribution in [0.25, 0.3) is 0 Å². The first-order valence-electron chi connectivity index (χ1n) is 8.92. The summed E-state index contributed by atoms with van der Waals surface area (Å²) < 4.78 is 22.8. The van der Waals surface area contributed by atoms with Crippen molar-refractivity contribution >= 4 is 6.41 Å². The molecule has 3 heterocycles. The number of aromatic nitrogens is 1. The van der Waals surface area contributed by atoms with Gasteiger partial charge in [0, 0.05) is 37.9 Å². The first-order valence-corrected chi connectivity index (χ1v) is 8.92. The number of pyridine rings is 1. The van der Waals surface area contributed by atoms with Gasteiger partial charge in [0.1, 0.15) is 6.67 Å². The fourth-order valence-electron chi connectivity index (χ4n) is 3.14. The Morgan fingerprint density at radius 1 is 1.35 bits per heavy atom. The van der Waals surface area contributed by atoms with E-state index in [1.807, 2.05) is 6.07 Å². The van der Waals surface area contributed by atoms with E-state index in [1.165, 1.54) is 17.2 Å². The molecule has 2 aliphatic heterocycles. The summed E-state index contributed by atoms with van der Waals surface area (Å²) in [7, 11) is 0. The average molecular weight is 364 g/mol. The summed E-state index contributed by atoms with van der Waals surface area (Å²) in [6.45, 7) is 3.74. The molecule has 7 nitrogen and oxygen atoms in total. The molecule has 0 unspecified atom stereocenters. The van der Waals surface area contributed by atoms with Crippen LogP contribution in [0.15, 0.2) is 24.5 Å². The Hall–Kier alpha value is -2.19. The van der Waals surface area contributed by atoms with Crippen LogP contribution in [0.3, 0.4) is 0 Å². The Morgan fingerprint density at radius 2 is 2.15 bits per heavy atom. The van der Waals surface area contributed by atoms with Crippen molar-refractivity contribution in [3.8, 4) is 11.5 Å². The molecule has 0 aromatic carbocycles. The van der Waals surface area contributed by atoms with Gasteiger partial charge in [0.05, 0.1) is 11.9 Å². The zero-order chi connectivity index (χ0) is 18.2. The highest BCUT2D eigenvalue weighted by molar-refractivity contribution is 5.48. The average Bonchev–Trinajstić information content (AvgIpc) is 3.15. The lowest BCUT2D eigenvalue weighted by Gasteiger charge is -2.33. The number of piperidine rings is 1. The van der Waals surface area contributed by atoms with Gasteiger partial charge in [0.2, 0.25) is 13.2 Å². The van der Waals surface area contributed by atoms with E-state index in [1.54, 1.807) is 6.20 Å².